The Bertz CT molecular complexity index is 1440. The molecule has 3 aromatic rings. The van der Waals surface area contributed by atoms with E-state index in [1.54, 1.807) is 36.4 Å². The molecule has 0 radical (unpaired) electrons. The van der Waals surface area contributed by atoms with Gasteiger partial charge in [0, 0.05) is 17.3 Å². The van der Waals surface area contributed by atoms with E-state index < -0.39 is 17.7 Å². The molecule has 0 aliphatic carbocycles. The monoisotopic (exact) mass is 513 g/mol. The van der Waals surface area contributed by atoms with Gasteiger partial charge in [-0.05, 0) is 73.7 Å². The van der Waals surface area contributed by atoms with E-state index in [2.05, 4.69) is 13.8 Å². The first-order valence-corrected chi connectivity index (χ1v) is 12.7. The molecule has 0 aromatic heterocycles. The third-order valence-electron chi connectivity index (χ3n) is 6.81. The molecule has 2 heterocycles. The molecule has 2 aliphatic rings. The number of ether oxygens (including phenoxy) is 3. The first-order valence-electron chi connectivity index (χ1n) is 12.7. The van der Waals surface area contributed by atoms with Crippen molar-refractivity contribution in [1.29, 1.82) is 0 Å². The second kappa shape index (κ2) is 9.89. The average Bonchev–Trinajstić information content (AvgIpc) is 3.46. The summed E-state index contributed by atoms with van der Waals surface area (Å²) in [5.41, 5.74) is 3.60. The Morgan fingerprint density at radius 3 is 2.32 bits per heavy atom. The Hall–Kier alpha value is -4.26. The molecular formula is C31H31NO6. The lowest BCUT2D eigenvalue weighted by Gasteiger charge is -2.26. The van der Waals surface area contributed by atoms with Gasteiger partial charge in [-0.1, -0.05) is 38.1 Å². The van der Waals surface area contributed by atoms with E-state index in [4.69, 9.17) is 14.2 Å². The van der Waals surface area contributed by atoms with Crippen LogP contribution >= 0.6 is 0 Å². The summed E-state index contributed by atoms with van der Waals surface area (Å²) >= 11 is 0. The first-order chi connectivity index (χ1) is 18.2. The molecule has 1 amide bonds. The van der Waals surface area contributed by atoms with Crippen LogP contribution in [-0.2, 0) is 9.59 Å². The molecule has 7 nitrogen and oxygen atoms in total. The fourth-order valence-electron chi connectivity index (χ4n) is 4.85. The van der Waals surface area contributed by atoms with Crippen molar-refractivity contribution in [1.82, 2.24) is 0 Å². The minimum Gasteiger partial charge on any atom is -0.507 e. The highest BCUT2D eigenvalue weighted by molar-refractivity contribution is 6.51. The molecular weight excluding hydrogens is 482 g/mol. The number of aliphatic hydroxyl groups is 1. The highest BCUT2D eigenvalue weighted by Crippen LogP contribution is 2.45. The largest absolute Gasteiger partial charge is 0.507 e. The Balaban J connectivity index is 1.66. The van der Waals surface area contributed by atoms with Gasteiger partial charge in [0.2, 0.25) is 6.79 Å². The topological polar surface area (TPSA) is 85.3 Å². The van der Waals surface area contributed by atoms with Gasteiger partial charge < -0.3 is 19.3 Å². The molecule has 5 rings (SSSR count). The van der Waals surface area contributed by atoms with Crippen molar-refractivity contribution < 1.29 is 28.9 Å². The normalized spacial score (nSPS) is 18.1. The van der Waals surface area contributed by atoms with Gasteiger partial charge in [0.15, 0.2) is 11.5 Å². The van der Waals surface area contributed by atoms with E-state index in [0.29, 0.717) is 40.0 Å². The standard InChI is InChI=1S/C31H31NO6/c1-17(2)20-6-8-21(9-7-20)28-27(29(33)22-10-12-24(19(5)14-22)38-18(3)4)30(34)31(35)32(28)23-11-13-25-26(15-23)37-16-36-25/h6-15,17-18,28,33H,16H2,1-5H3/b29-27+. The third-order valence-corrected chi connectivity index (χ3v) is 6.81. The molecule has 1 saturated heterocycles. The van der Waals surface area contributed by atoms with Crippen LogP contribution in [0.15, 0.2) is 66.2 Å². The van der Waals surface area contributed by atoms with Crippen LogP contribution in [-0.4, -0.2) is 29.7 Å². The molecule has 38 heavy (non-hydrogen) atoms. The lowest BCUT2D eigenvalue weighted by Crippen LogP contribution is -2.29. The number of hydrogen-bond acceptors (Lipinski definition) is 6. The van der Waals surface area contributed by atoms with Crippen LogP contribution in [0.5, 0.6) is 17.2 Å². The fourth-order valence-corrected chi connectivity index (χ4v) is 4.85. The number of amides is 1. The Morgan fingerprint density at radius 1 is 0.947 bits per heavy atom. The molecule has 1 N–H and O–H groups in total. The minimum absolute atomic E-state index is 0.00557. The van der Waals surface area contributed by atoms with Crippen molar-refractivity contribution >= 4 is 23.1 Å². The van der Waals surface area contributed by atoms with E-state index in [1.165, 1.54) is 4.90 Å². The minimum atomic E-state index is -0.830. The second-order valence-corrected chi connectivity index (χ2v) is 10.2. The number of nitrogens with zero attached hydrogens (tertiary/aromatic N) is 1. The SMILES string of the molecule is Cc1cc(/C(O)=C2\C(=O)C(=O)N(c3ccc4c(c3)OCO4)C2c2ccc(C(C)C)cc2)ccc1OC(C)C. The first kappa shape index (κ1) is 25.4. The Labute approximate surface area is 222 Å². The average molecular weight is 514 g/mol. The summed E-state index contributed by atoms with van der Waals surface area (Å²) in [4.78, 5) is 28.4. The van der Waals surface area contributed by atoms with Crippen LogP contribution in [0, 0.1) is 6.92 Å². The summed E-state index contributed by atoms with van der Waals surface area (Å²) < 4.78 is 16.8. The summed E-state index contributed by atoms with van der Waals surface area (Å²) in [6.45, 7) is 10.0. The number of aliphatic hydroxyl groups excluding tert-OH is 1. The number of carbonyl (C=O) groups excluding carboxylic acids is 2. The summed E-state index contributed by atoms with van der Waals surface area (Å²) in [5.74, 6) is 0.371. The number of fused-ring (bicyclic) bond motifs is 1. The molecule has 1 atom stereocenters. The van der Waals surface area contributed by atoms with Gasteiger partial charge in [-0.2, -0.15) is 0 Å². The van der Waals surface area contributed by atoms with Crippen molar-refractivity contribution in [3.63, 3.8) is 0 Å². The molecule has 196 valence electrons. The number of hydrogen-bond donors (Lipinski definition) is 1. The van der Waals surface area contributed by atoms with Crippen LogP contribution in [0.1, 0.15) is 61.9 Å². The van der Waals surface area contributed by atoms with Gasteiger partial charge in [-0.15, -0.1) is 0 Å². The highest BCUT2D eigenvalue weighted by Gasteiger charge is 2.47. The Kier molecular flexibility index (Phi) is 6.61. The molecule has 2 aliphatic heterocycles. The summed E-state index contributed by atoms with van der Waals surface area (Å²) in [5, 5.41) is 11.5. The number of aryl methyl sites for hydroxylation is 1. The lowest BCUT2D eigenvalue weighted by molar-refractivity contribution is -0.132. The number of rotatable bonds is 6. The molecule has 3 aromatic carbocycles. The predicted molar refractivity (Wildman–Crippen MR) is 145 cm³/mol. The van der Waals surface area contributed by atoms with Crippen LogP contribution in [0.4, 0.5) is 5.69 Å². The number of anilines is 1. The van der Waals surface area contributed by atoms with Gasteiger partial charge in [-0.3, -0.25) is 14.5 Å². The molecule has 0 spiro atoms. The maximum absolute atomic E-state index is 13.5. The zero-order valence-electron chi connectivity index (χ0n) is 22.1. The molecule has 0 bridgehead atoms. The third kappa shape index (κ3) is 4.49. The Morgan fingerprint density at radius 2 is 1.66 bits per heavy atom. The zero-order chi connectivity index (χ0) is 27.1. The van der Waals surface area contributed by atoms with Gasteiger partial charge in [0.05, 0.1) is 17.7 Å². The van der Waals surface area contributed by atoms with Crippen molar-refractivity contribution in [3.8, 4) is 17.2 Å². The quantitative estimate of drug-likeness (QED) is 0.238. The molecule has 7 heteroatoms. The van der Waals surface area contributed by atoms with Gasteiger partial charge in [-0.25, -0.2) is 0 Å². The molecule has 1 unspecified atom stereocenters. The highest BCUT2D eigenvalue weighted by atomic mass is 16.7. The van der Waals surface area contributed by atoms with E-state index in [-0.39, 0.29) is 24.2 Å². The molecule has 0 saturated carbocycles. The van der Waals surface area contributed by atoms with E-state index in [0.717, 1.165) is 11.1 Å². The fraction of sp³-hybridized carbons (Fsp3) is 0.290. The van der Waals surface area contributed by atoms with E-state index in [1.807, 2.05) is 45.0 Å². The van der Waals surface area contributed by atoms with Crippen LogP contribution < -0.4 is 19.1 Å². The molecule has 1 fully saturated rings. The van der Waals surface area contributed by atoms with Crippen LogP contribution in [0.3, 0.4) is 0 Å². The predicted octanol–water partition coefficient (Wildman–Crippen LogP) is 6.26. The lowest BCUT2D eigenvalue weighted by atomic mass is 9.92. The maximum Gasteiger partial charge on any atom is 0.300 e. The zero-order valence-corrected chi connectivity index (χ0v) is 22.1. The van der Waals surface area contributed by atoms with Crippen molar-refractivity contribution in [3.05, 3.63) is 88.5 Å². The summed E-state index contributed by atoms with van der Waals surface area (Å²) in [7, 11) is 0. The van der Waals surface area contributed by atoms with Gasteiger partial charge >= 0.3 is 0 Å². The maximum atomic E-state index is 13.5. The van der Waals surface area contributed by atoms with E-state index >= 15 is 0 Å². The van der Waals surface area contributed by atoms with Crippen molar-refractivity contribution in [2.45, 2.75) is 52.7 Å². The van der Waals surface area contributed by atoms with E-state index in [9.17, 15) is 14.7 Å². The van der Waals surface area contributed by atoms with Crippen molar-refractivity contribution in [2.24, 2.45) is 0 Å². The van der Waals surface area contributed by atoms with Crippen LogP contribution in [0.25, 0.3) is 5.76 Å². The number of ketones is 1. The number of Topliss-reactive ketones (excluding diaryl/α,β-unsaturated/α-hetero) is 1. The second-order valence-electron chi connectivity index (χ2n) is 10.2. The number of benzene rings is 3. The summed E-state index contributed by atoms with van der Waals surface area (Å²) in [6, 6.07) is 17.3. The number of carbonyl (C=O) groups is 2. The van der Waals surface area contributed by atoms with Gasteiger partial charge in [0.1, 0.15) is 11.5 Å². The van der Waals surface area contributed by atoms with Crippen molar-refractivity contribution in [2.75, 3.05) is 11.7 Å². The smallest absolute Gasteiger partial charge is 0.300 e. The van der Waals surface area contributed by atoms with Gasteiger partial charge in [0.25, 0.3) is 11.7 Å². The summed E-state index contributed by atoms with van der Waals surface area (Å²) in [6.07, 6.45) is -0.00557. The van der Waals surface area contributed by atoms with Crippen LogP contribution in [0.2, 0.25) is 0 Å².